The second-order valence-corrected chi connectivity index (χ2v) is 11.7. The van der Waals surface area contributed by atoms with Crippen molar-refractivity contribution in [2.24, 2.45) is 0 Å². The van der Waals surface area contributed by atoms with E-state index in [1.165, 1.54) is 39.0 Å². The number of rotatable bonds is 5. The first-order chi connectivity index (χ1) is 20.0. The summed E-state index contributed by atoms with van der Waals surface area (Å²) < 4.78 is 2.35. The maximum atomic E-state index is 6.44. The minimum atomic E-state index is 0.408. The molecule has 10 heteroatoms. The molecule has 1 aliphatic carbocycles. The van der Waals surface area contributed by atoms with Crippen molar-refractivity contribution in [1.82, 2.24) is 34.3 Å². The van der Waals surface area contributed by atoms with Crippen molar-refractivity contribution in [2.75, 3.05) is 44.3 Å². The molecule has 2 aliphatic rings. The van der Waals surface area contributed by atoms with E-state index < -0.39 is 0 Å². The van der Waals surface area contributed by atoms with E-state index in [1.54, 1.807) is 12.5 Å². The van der Waals surface area contributed by atoms with E-state index in [1.807, 2.05) is 30.3 Å². The van der Waals surface area contributed by atoms with Gasteiger partial charge in [-0.05, 0) is 68.6 Å². The fourth-order valence-corrected chi connectivity index (χ4v) is 6.60. The predicted octanol–water partition coefficient (Wildman–Crippen LogP) is 5.75. The molecule has 3 aromatic heterocycles. The predicted molar refractivity (Wildman–Crippen MR) is 166 cm³/mol. The topological polar surface area (TPSA) is 101 Å². The zero-order chi connectivity index (χ0) is 27.9. The normalized spacial score (nSPS) is 20.5. The van der Waals surface area contributed by atoms with Crippen LogP contribution in [0.25, 0.3) is 33.1 Å². The summed E-state index contributed by atoms with van der Waals surface area (Å²) in [5.74, 6) is 1.05. The summed E-state index contributed by atoms with van der Waals surface area (Å²) in [6, 6.07) is 15.0. The Kier molecular flexibility index (Phi) is 6.94. The Morgan fingerprint density at radius 1 is 0.902 bits per heavy atom. The Morgan fingerprint density at radius 3 is 2.44 bits per heavy atom. The van der Waals surface area contributed by atoms with Crippen molar-refractivity contribution < 1.29 is 0 Å². The van der Waals surface area contributed by atoms with E-state index in [4.69, 9.17) is 22.3 Å². The second-order valence-electron chi connectivity index (χ2n) is 11.3. The van der Waals surface area contributed by atoms with Crippen LogP contribution >= 0.6 is 11.6 Å². The molecule has 210 valence electrons. The second kappa shape index (κ2) is 10.9. The van der Waals surface area contributed by atoms with Crippen LogP contribution in [0.5, 0.6) is 0 Å². The van der Waals surface area contributed by atoms with Crippen molar-refractivity contribution in [3.8, 4) is 11.1 Å². The monoisotopic (exact) mass is 567 g/mol. The number of hydrogen-bond donors (Lipinski definition) is 2. The summed E-state index contributed by atoms with van der Waals surface area (Å²) in [5, 5.41) is 5.81. The van der Waals surface area contributed by atoms with Gasteiger partial charge in [-0.25, -0.2) is 19.9 Å². The van der Waals surface area contributed by atoms with Crippen LogP contribution < -0.4 is 11.1 Å². The van der Waals surface area contributed by atoms with Gasteiger partial charge in [-0.1, -0.05) is 23.7 Å². The number of halogens is 1. The summed E-state index contributed by atoms with van der Waals surface area (Å²) in [6.07, 6.45) is 10.3. The highest BCUT2D eigenvalue weighted by Gasteiger charge is 2.30. The molecule has 0 atom stereocenters. The number of benzene rings is 2. The Bertz CT molecular complexity index is 1680. The average Bonchev–Trinajstić information content (AvgIpc) is 3.39. The van der Waals surface area contributed by atoms with Gasteiger partial charge in [0, 0.05) is 72.3 Å². The van der Waals surface area contributed by atoms with E-state index in [-0.39, 0.29) is 0 Å². The van der Waals surface area contributed by atoms with Crippen molar-refractivity contribution in [3.63, 3.8) is 0 Å². The molecule has 0 amide bonds. The van der Waals surface area contributed by atoms with Crippen LogP contribution in [-0.4, -0.2) is 73.6 Å². The molecular formula is C31H34ClN9. The van der Waals surface area contributed by atoms with E-state index in [0.29, 0.717) is 28.9 Å². The minimum Gasteiger partial charge on any atom is -0.383 e. The lowest BCUT2D eigenvalue weighted by Gasteiger charge is -2.41. The number of nitrogen functional groups attached to an aromatic ring is 1. The van der Waals surface area contributed by atoms with Gasteiger partial charge in [-0.3, -0.25) is 4.90 Å². The number of likely N-dealkylation sites (N-methyl/N-ethyl adjacent to an activating group) is 1. The minimum absolute atomic E-state index is 0.408. The van der Waals surface area contributed by atoms with Crippen molar-refractivity contribution in [3.05, 3.63) is 66.2 Å². The zero-order valence-corrected chi connectivity index (χ0v) is 23.9. The number of nitrogens with one attached hydrogen (secondary N) is 1. The third-order valence-electron chi connectivity index (χ3n) is 8.75. The Hall–Kier alpha value is -3.79. The molecule has 9 nitrogen and oxygen atoms in total. The molecule has 4 heterocycles. The Labute approximate surface area is 244 Å². The molecule has 0 bridgehead atoms. The summed E-state index contributed by atoms with van der Waals surface area (Å²) >= 11 is 6.09. The number of nitrogens with zero attached hydrogens (tertiary/aromatic N) is 7. The maximum absolute atomic E-state index is 6.44. The highest BCUT2D eigenvalue weighted by molar-refractivity contribution is 6.31. The van der Waals surface area contributed by atoms with Crippen molar-refractivity contribution in [1.29, 1.82) is 0 Å². The molecule has 0 unspecified atom stereocenters. The van der Waals surface area contributed by atoms with E-state index in [0.717, 1.165) is 51.6 Å². The van der Waals surface area contributed by atoms with Crippen LogP contribution in [0.3, 0.4) is 0 Å². The first-order valence-corrected chi connectivity index (χ1v) is 14.7. The molecule has 1 saturated carbocycles. The van der Waals surface area contributed by atoms with E-state index in [9.17, 15) is 0 Å². The average molecular weight is 568 g/mol. The molecule has 2 fully saturated rings. The van der Waals surface area contributed by atoms with Crippen LogP contribution in [0, 0.1) is 0 Å². The lowest BCUT2D eigenvalue weighted by atomic mass is 9.89. The standard InChI is InChI=1S/C31H34ClN9/c1-39-12-14-40(15-13-39)24-7-9-25(10-8-24)41-18-26(28-29(33)35-19-36-30(28)41)20-2-5-23(6-3-20)37-31-34-17-21-16-22(32)4-11-27(21)38-31/h2-6,11,16-19,24-25H,7-10,12-15H2,1H3,(H2,33,35,36)(H,34,37,38)/t24-,25+. The molecule has 0 radical (unpaired) electrons. The number of hydrogen-bond acceptors (Lipinski definition) is 8. The van der Waals surface area contributed by atoms with E-state index in [2.05, 4.69) is 60.0 Å². The van der Waals surface area contributed by atoms with Crippen molar-refractivity contribution >= 4 is 51.0 Å². The largest absolute Gasteiger partial charge is 0.383 e. The number of anilines is 3. The van der Waals surface area contributed by atoms with Crippen LogP contribution in [-0.2, 0) is 0 Å². The SMILES string of the molecule is CN1CCN([C@H]2CC[C@@H](n3cc(-c4ccc(Nc5ncc6cc(Cl)ccc6n5)cc4)c4c(N)ncnc43)CC2)CC1. The molecule has 3 N–H and O–H groups in total. The molecule has 5 aromatic rings. The lowest BCUT2D eigenvalue weighted by Crippen LogP contribution is -2.49. The Morgan fingerprint density at radius 2 is 1.66 bits per heavy atom. The fourth-order valence-electron chi connectivity index (χ4n) is 6.42. The number of piperazine rings is 1. The first kappa shape index (κ1) is 26.1. The lowest BCUT2D eigenvalue weighted by molar-refractivity contribution is 0.0828. The molecule has 41 heavy (non-hydrogen) atoms. The molecule has 1 aliphatic heterocycles. The number of fused-ring (bicyclic) bond motifs is 2. The molecule has 7 rings (SSSR count). The van der Waals surface area contributed by atoms with Crippen LogP contribution in [0.1, 0.15) is 31.7 Å². The van der Waals surface area contributed by atoms with Crippen LogP contribution in [0.15, 0.2) is 61.2 Å². The number of nitrogens with two attached hydrogens (primary N) is 1. The van der Waals surface area contributed by atoms with Gasteiger partial charge in [0.05, 0.1) is 10.9 Å². The van der Waals surface area contributed by atoms with Crippen LogP contribution in [0.4, 0.5) is 17.5 Å². The third kappa shape index (κ3) is 5.21. The van der Waals surface area contributed by atoms with Gasteiger partial charge in [0.15, 0.2) is 0 Å². The van der Waals surface area contributed by atoms with Gasteiger partial charge in [-0.15, -0.1) is 0 Å². The summed E-state index contributed by atoms with van der Waals surface area (Å²) in [7, 11) is 2.22. The molecule has 2 aromatic carbocycles. The summed E-state index contributed by atoms with van der Waals surface area (Å²) in [4.78, 5) is 23.2. The molecule has 0 spiro atoms. The van der Waals surface area contributed by atoms with Gasteiger partial charge < -0.3 is 20.5 Å². The fraction of sp³-hybridized carbons (Fsp3) is 0.355. The maximum Gasteiger partial charge on any atom is 0.227 e. The first-order valence-electron chi connectivity index (χ1n) is 14.4. The molecule has 1 saturated heterocycles. The van der Waals surface area contributed by atoms with Gasteiger partial charge >= 0.3 is 0 Å². The van der Waals surface area contributed by atoms with E-state index >= 15 is 0 Å². The molecular weight excluding hydrogens is 534 g/mol. The summed E-state index contributed by atoms with van der Waals surface area (Å²) in [6.45, 7) is 4.69. The highest BCUT2D eigenvalue weighted by Crippen LogP contribution is 2.39. The van der Waals surface area contributed by atoms with Gasteiger partial charge in [0.2, 0.25) is 5.95 Å². The van der Waals surface area contributed by atoms with Crippen LogP contribution in [0.2, 0.25) is 5.02 Å². The highest BCUT2D eigenvalue weighted by atomic mass is 35.5. The smallest absolute Gasteiger partial charge is 0.227 e. The van der Waals surface area contributed by atoms with Gasteiger partial charge in [-0.2, -0.15) is 0 Å². The van der Waals surface area contributed by atoms with Gasteiger partial charge in [0.1, 0.15) is 17.8 Å². The Balaban J connectivity index is 1.11. The zero-order valence-electron chi connectivity index (χ0n) is 23.2. The number of aromatic nitrogens is 5. The summed E-state index contributed by atoms with van der Waals surface area (Å²) in [5.41, 5.74) is 11.2. The quantitative estimate of drug-likeness (QED) is 0.277. The third-order valence-corrected chi connectivity index (χ3v) is 8.98. The van der Waals surface area contributed by atoms with Crippen molar-refractivity contribution in [2.45, 2.75) is 37.8 Å². The van der Waals surface area contributed by atoms with Gasteiger partial charge in [0.25, 0.3) is 0 Å².